The number of unbranched alkanes of at least 4 members (excludes halogenated alkanes) is 1. The maximum absolute atomic E-state index is 13.8. The summed E-state index contributed by atoms with van der Waals surface area (Å²) in [6.07, 6.45) is 1.38. The molecule has 3 aromatic rings. The van der Waals surface area contributed by atoms with Gasteiger partial charge in [0.15, 0.2) is 0 Å². The Labute approximate surface area is 402 Å². The monoisotopic (exact) mass is 978 g/mol. The van der Waals surface area contributed by atoms with E-state index in [1.54, 1.807) is 30.3 Å². The van der Waals surface area contributed by atoms with Gasteiger partial charge in [0.1, 0.15) is 42.0 Å². The molecule has 0 spiro atoms. The second-order valence-electron chi connectivity index (χ2n) is 16.3. The zero-order chi connectivity index (χ0) is 51.8. The van der Waals surface area contributed by atoms with Gasteiger partial charge in [0.05, 0.1) is 18.9 Å². The van der Waals surface area contributed by atoms with Crippen LogP contribution in [0.1, 0.15) is 68.7 Å². The molecule has 380 valence electrons. The van der Waals surface area contributed by atoms with E-state index < -0.39 is 121 Å². The van der Waals surface area contributed by atoms with Crippen molar-refractivity contribution < 1.29 is 63.3 Å². The van der Waals surface area contributed by atoms with E-state index in [2.05, 4.69) is 47.2 Å². The highest BCUT2D eigenvalue weighted by atomic mass is 16.4. The minimum Gasteiger partial charge on any atom is -0.508 e. The molecule has 0 saturated carbocycles. The Kier molecular flexibility index (Phi) is 23.4. The van der Waals surface area contributed by atoms with Gasteiger partial charge in [-0.05, 0) is 75.3 Å². The van der Waals surface area contributed by atoms with Crippen LogP contribution >= 0.6 is 0 Å². The Morgan fingerprint density at radius 2 is 1.17 bits per heavy atom. The lowest BCUT2D eigenvalue weighted by Crippen LogP contribution is -2.58. The van der Waals surface area contributed by atoms with Gasteiger partial charge in [-0.25, -0.2) is 4.98 Å². The standard InChI is InChI=1S/C45H62N12O13/c1-25(45(69)70)52-43(67)34(20-27-10-12-29(58)13-11-27)57-42(66)33(15-17-38(61)62)55-41(65)31(9-5-6-18-46)53-37(60)23-50-40(64)32(14-16-36(48)59)54-44(68)35(21-28-22-49-24-51-28)56-39(63)30(47)19-26-7-3-2-4-8-26/h2-4,7-8,10-13,22,24-25,30-35,58H,5-6,9,14-21,23,46-47H2,1H3,(H2,48,59)(H,49,51)(H,50,64)(H,52,67)(H,53,60)(H,54,68)(H,55,65)(H,56,63)(H,57,66)(H,61,62)(H,69,70)/t25-,30-,31-,32-,33-,34-,35-/m0/s1. The number of hydrogen-bond donors (Lipinski definition) is 14. The summed E-state index contributed by atoms with van der Waals surface area (Å²) in [5.41, 5.74) is 18.8. The van der Waals surface area contributed by atoms with E-state index >= 15 is 0 Å². The van der Waals surface area contributed by atoms with Crippen molar-refractivity contribution in [3.8, 4) is 5.75 Å². The smallest absolute Gasteiger partial charge is 0.325 e. The van der Waals surface area contributed by atoms with Gasteiger partial charge in [0, 0.05) is 37.6 Å². The SMILES string of the molecule is C[C@H](NC(=O)[C@H](Cc1ccc(O)cc1)NC(=O)[C@H](CCC(=O)O)NC(=O)[C@H](CCCCN)NC(=O)CNC(=O)[C@H](CCC(N)=O)NC(=O)[C@H](Cc1cnc[nH]1)NC(=O)[C@@H](N)Cc1ccccc1)C(=O)O. The molecule has 0 bridgehead atoms. The molecule has 0 aliphatic heterocycles. The first-order valence-corrected chi connectivity index (χ1v) is 22.3. The summed E-state index contributed by atoms with van der Waals surface area (Å²) < 4.78 is 0. The predicted octanol–water partition coefficient (Wildman–Crippen LogP) is -3.14. The topological polar surface area (TPSA) is 422 Å². The van der Waals surface area contributed by atoms with Crippen LogP contribution in [0.3, 0.4) is 0 Å². The number of aromatic nitrogens is 2. The minimum atomic E-state index is -1.61. The highest BCUT2D eigenvalue weighted by Crippen LogP contribution is 2.13. The molecule has 7 atom stereocenters. The number of imidazole rings is 1. The summed E-state index contributed by atoms with van der Waals surface area (Å²) in [6.45, 7) is 0.616. The van der Waals surface area contributed by atoms with E-state index in [1.165, 1.54) is 43.7 Å². The average molecular weight is 979 g/mol. The third kappa shape index (κ3) is 20.5. The van der Waals surface area contributed by atoms with Gasteiger partial charge >= 0.3 is 11.9 Å². The van der Waals surface area contributed by atoms with Crippen molar-refractivity contribution in [3.05, 3.63) is 83.9 Å². The Hall–Kier alpha value is -7.93. The normalized spacial score (nSPS) is 13.9. The molecule has 17 N–H and O–H groups in total. The van der Waals surface area contributed by atoms with Crippen LogP contribution in [0.25, 0.3) is 0 Å². The molecule has 25 heteroatoms. The molecule has 8 amide bonds. The van der Waals surface area contributed by atoms with Crippen molar-refractivity contribution in [2.75, 3.05) is 13.1 Å². The predicted molar refractivity (Wildman–Crippen MR) is 248 cm³/mol. The summed E-state index contributed by atoms with van der Waals surface area (Å²) in [6, 6.07) is 4.77. The van der Waals surface area contributed by atoms with Gasteiger partial charge in [-0.2, -0.15) is 0 Å². The maximum Gasteiger partial charge on any atom is 0.325 e. The first-order valence-electron chi connectivity index (χ1n) is 22.3. The number of H-pyrrole nitrogens is 1. The van der Waals surface area contributed by atoms with Gasteiger partial charge in [0.2, 0.25) is 47.3 Å². The van der Waals surface area contributed by atoms with Crippen LogP contribution in [0, 0.1) is 0 Å². The van der Waals surface area contributed by atoms with E-state index in [9.17, 15) is 63.3 Å². The number of hydrogen-bond acceptors (Lipinski definition) is 14. The van der Waals surface area contributed by atoms with E-state index in [-0.39, 0.29) is 57.2 Å². The van der Waals surface area contributed by atoms with E-state index in [1.807, 2.05) is 0 Å². The Morgan fingerprint density at radius 3 is 1.76 bits per heavy atom. The molecule has 0 saturated heterocycles. The van der Waals surface area contributed by atoms with Gasteiger partial charge in [-0.1, -0.05) is 42.5 Å². The molecule has 0 aliphatic rings. The zero-order valence-corrected chi connectivity index (χ0v) is 38.5. The van der Waals surface area contributed by atoms with E-state index in [4.69, 9.17) is 17.2 Å². The molecule has 2 aromatic carbocycles. The Morgan fingerprint density at radius 1 is 0.629 bits per heavy atom. The minimum absolute atomic E-state index is 0.0509. The van der Waals surface area contributed by atoms with Crippen LogP contribution in [0.2, 0.25) is 0 Å². The molecular weight excluding hydrogens is 917 g/mol. The van der Waals surface area contributed by atoms with E-state index in [0.717, 1.165) is 5.56 Å². The van der Waals surface area contributed by atoms with Crippen molar-refractivity contribution in [1.82, 2.24) is 47.2 Å². The number of benzene rings is 2. The number of aromatic amines is 1. The maximum atomic E-state index is 13.8. The first kappa shape index (κ1) is 56.4. The van der Waals surface area contributed by atoms with Crippen molar-refractivity contribution in [1.29, 1.82) is 0 Å². The number of carbonyl (C=O) groups excluding carboxylic acids is 8. The van der Waals surface area contributed by atoms with Gasteiger partial charge in [-0.15, -0.1) is 0 Å². The molecule has 70 heavy (non-hydrogen) atoms. The number of carboxylic acid groups (broad SMARTS) is 2. The second-order valence-corrected chi connectivity index (χ2v) is 16.3. The van der Waals surface area contributed by atoms with Crippen LogP contribution in [0.5, 0.6) is 5.75 Å². The lowest BCUT2D eigenvalue weighted by molar-refractivity contribution is -0.141. The van der Waals surface area contributed by atoms with Crippen molar-refractivity contribution >= 4 is 59.2 Å². The second kappa shape index (κ2) is 29.1. The van der Waals surface area contributed by atoms with Crippen LogP contribution < -0.4 is 54.4 Å². The number of phenols is 1. The Bertz CT molecular complexity index is 2250. The molecule has 25 nitrogen and oxygen atoms in total. The van der Waals surface area contributed by atoms with Crippen LogP contribution in [-0.2, 0) is 67.2 Å². The van der Waals surface area contributed by atoms with Crippen LogP contribution in [0.4, 0.5) is 0 Å². The summed E-state index contributed by atoms with van der Waals surface area (Å²) in [7, 11) is 0. The number of aliphatic carboxylic acids is 2. The fraction of sp³-hybridized carbons (Fsp3) is 0.444. The number of amides is 8. The molecule has 0 radical (unpaired) electrons. The molecule has 1 aromatic heterocycles. The lowest BCUT2D eigenvalue weighted by atomic mass is 10.0. The molecule has 1 heterocycles. The van der Waals surface area contributed by atoms with Gasteiger partial charge < -0.3 is 74.7 Å². The summed E-state index contributed by atoms with van der Waals surface area (Å²) >= 11 is 0. The van der Waals surface area contributed by atoms with Crippen LogP contribution in [-0.4, -0.2) is 140 Å². The van der Waals surface area contributed by atoms with Gasteiger partial charge in [0.25, 0.3) is 0 Å². The number of primary amides is 1. The van der Waals surface area contributed by atoms with Crippen molar-refractivity contribution in [2.24, 2.45) is 17.2 Å². The highest BCUT2D eigenvalue weighted by Gasteiger charge is 2.33. The van der Waals surface area contributed by atoms with Crippen LogP contribution in [0.15, 0.2) is 67.1 Å². The van der Waals surface area contributed by atoms with Crippen molar-refractivity contribution in [3.63, 3.8) is 0 Å². The Balaban J connectivity index is 1.77. The summed E-state index contributed by atoms with van der Waals surface area (Å²) in [4.78, 5) is 136. The molecular formula is C45H62N12O13. The number of carbonyl (C=O) groups is 10. The number of rotatable bonds is 31. The largest absolute Gasteiger partial charge is 0.508 e. The zero-order valence-electron chi connectivity index (χ0n) is 38.5. The van der Waals surface area contributed by atoms with E-state index in [0.29, 0.717) is 17.7 Å². The fourth-order valence-corrected chi connectivity index (χ4v) is 6.72. The quantitative estimate of drug-likeness (QED) is 0.0283. The number of nitrogens with zero attached hydrogens (tertiary/aromatic N) is 1. The number of phenolic OH excluding ortho intramolecular Hbond substituents is 1. The number of carboxylic acids is 2. The highest BCUT2D eigenvalue weighted by molar-refractivity contribution is 5.97. The average Bonchev–Trinajstić information content (AvgIpc) is 3.84. The molecule has 0 fully saturated rings. The third-order valence-corrected chi connectivity index (χ3v) is 10.6. The molecule has 0 aliphatic carbocycles. The van der Waals surface area contributed by atoms with Gasteiger partial charge in [-0.3, -0.25) is 47.9 Å². The third-order valence-electron chi connectivity index (χ3n) is 10.6. The number of aromatic hydroxyl groups is 1. The molecule has 3 rings (SSSR count). The first-order chi connectivity index (χ1) is 33.3. The van der Waals surface area contributed by atoms with Crippen molar-refractivity contribution in [2.45, 2.75) is 113 Å². The molecule has 0 unspecified atom stereocenters. The fourth-order valence-electron chi connectivity index (χ4n) is 6.72. The number of nitrogens with one attached hydrogen (secondary N) is 8. The number of nitrogens with two attached hydrogens (primary N) is 3. The summed E-state index contributed by atoms with van der Waals surface area (Å²) in [5, 5.41) is 45.6. The lowest BCUT2D eigenvalue weighted by Gasteiger charge is -2.26. The summed E-state index contributed by atoms with van der Waals surface area (Å²) in [5.74, 6) is -9.94.